The molecule has 5 nitrogen and oxygen atoms in total. The van der Waals surface area contributed by atoms with Gasteiger partial charge in [-0.05, 0) is 34.8 Å². The Morgan fingerprint density at radius 3 is 2.78 bits per heavy atom. The predicted molar refractivity (Wildman–Crippen MR) is 69.1 cm³/mol. The van der Waals surface area contributed by atoms with Crippen molar-refractivity contribution in [2.24, 2.45) is 0 Å². The molecule has 1 aromatic rings. The second-order valence-electron chi connectivity index (χ2n) is 4.09. The van der Waals surface area contributed by atoms with E-state index in [1.54, 1.807) is 0 Å². The standard InChI is InChI=1S/C11H12BrN3O2S/c12-9-6-11(8-14-7-9)18(16,17)15(5-1-4-13)10-2-3-10/h6-8,10H,1-3,5H2. The summed E-state index contributed by atoms with van der Waals surface area (Å²) in [6, 6.07) is 3.56. The van der Waals surface area contributed by atoms with Crippen molar-refractivity contribution in [2.45, 2.75) is 30.2 Å². The Balaban J connectivity index is 2.30. The first kappa shape index (κ1) is 13.5. The Morgan fingerprint density at radius 1 is 1.50 bits per heavy atom. The highest BCUT2D eigenvalue weighted by molar-refractivity contribution is 9.10. The minimum Gasteiger partial charge on any atom is -0.262 e. The molecule has 18 heavy (non-hydrogen) atoms. The molecule has 1 heterocycles. The first-order valence-corrected chi connectivity index (χ1v) is 7.78. The molecule has 0 unspecified atom stereocenters. The molecule has 2 rings (SSSR count). The molecule has 0 aliphatic heterocycles. The van der Waals surface area contributed by atoms with Crippen LogP contribution >= 0.6 is 15.9 Å². The van der Waals surface area contributed by atoms with Gasteiger partial charge in [0, 0.05) is 35.9 Å². The van der Waals surface area contributed by atoms with E-state index in [4.69, 9.17) is 5.26 Å². The van der Waals surface area contributed by atoms with E-state index >= 15 is 0 Å². The van der Waals surface area contributed by atoms with E-state index in [9.17, 15) is 8.42 Å². The fourth-order valence-electron chi connectivity index (χ4n) is 1.69. The summed E-state index contributed by atoms with van der Waals surface area (Å²) in [5, 5.41) is 8.61. The van der Waals surface area contributed by atoms with Crippen molar-refractivity contribution in [1.82, 2.24) is 9.29 Å². The summed E-state index contributed by atoms with van der Waals surface area (Å²) < 4.78 is 26.9. The van der Waals surface area contributed by atoms with Crippen molar-refractivity contribution in [1.29, 1.82) is 5.26 Å². The van der Waals surface area contributed by atoms with Gasteiger partial charge in [-0.2, -0.15) is 9.57 Å². The first-order chi connectivity index (χ1) is 8.55. The van der Waals surface area contributed by atoms with Gasteiger partial charge in [0.05, 0.1) is 6.07 Å². The minimum atomic E-state index is -3.54. The summed E-state index contributed by atoms with van der Waals surface area (Å²) in [4.78, 5) is 4.04. The van der Waals surface area contributed by atoms with Crippen LogP contribution in [-0.2, 0) is 10.0 Å². The quantitative estimate of drug-likeness (QED) is 0.827. The average molecular weight is 330 g/mol. The van der Waals surface area contributed by atoms with Crippen molar-refractivity contribution in [2.75, 3.05) is 6.54 Å². The fourth-order valence-corrected chi connectivity index (χ4v) is 3.88. The maximum atomic E-state index is 12.4. The molecule has 96 valence electrons. The number of pyridine rings is 1. The zero-order valence-corrected chi connectivity index (χ0v) is 12.0. The monoisotopic (exact) mass is 329 g/mol. The molecule has 0 bridgehead atoms. The van der Waals surface area contributed by atoms with Crippen molar-refractivity contribution in [3.63, 3.8) is 0 Å². The molecule has 0 atom stereocenters. The zero-order valence-electron chi connectivity index (χ0n) is 9.58. The Labute approximate surface area is 115 Å². The number of aromatic nitrogens is 1. The van der Waals surface area contributed by atoms with Crippen molar-refractivity contribution >= 4 is 26.0 Å². The maximum absolute atomic E-state index is 12.4. The lowest BCUT2D eigenvalue weighted by molar-refractivity contribution is 0.410. The second-order valence-corrected chi connectivity index (χ2v) is 6.90. The van der Waals surface area contributed by atoms with E-state index in [-0.39, 0.29) is 23.9 Å². The van der Waals surface area contributed by atoms with Gasteiger partial charge in [0.1, 0.15) is 4.90 Å². The number of halogens is 1. The molecule has 0 aromatic carbocycles. The molecule has 1 saturated carbocycles. The number of hydrogen-bond donors (Lipinski definition) is 0. The molecular weight excluding hydrogens is 318 g/mol. The lowest BCUT2D eigenvalue weighted by Crippen LogP contribution is -2.34. The van der Waals surface area contributed by atoms with Crippen LogP contribution in [0.15, 0.2) is 27.8 Å². The molecule has 7 heteroatoms. The van der Waals surface area contributed by atoms with Crippen LogP contribution in [0.5, 0.6) is 0 Å². The maximum Gasteiger partial charge on any atom is 0.244 e. The van der Waals surface area contributed by atoms with Crippen LogP contribution < -0.4 is 0 Å². The van der Waals surface area contributed by atoms with Crippen LogP contribution in [0.4, 0.5) is 0 Å². The van der Waals surface area contributed by atoms with E-state index in [2.05, 4.69) is 20.9 Å². The lowest BCUT2D eigenvalue weighted by atomic mass is 10.4. The Kier molecular flexibility index (Phi) is 4.00. The van der Waals surface area contributed by atoms with Crippen molar-refractivity contribution in [3.05, 3.63) is 22.9 Å². The summed E-state index contributed by atoms with van der Waals surface area (Å²) in [5.74, 6) is 0. The number of rotatable bonds is 5. The third-order valence-corrected chi connectivity index (χ3v) is 5.04. The minimum absolute atomic E-state index is 0.0438. The van der Waals surface area contributed by atoms with E-state index < -0.39 is 10.0 Å². The van der Waals surface area contributed by atoms with E-state index in [1.807, 2.05) is 6.07 Å². The van der Waals surface area contributed by atoms with Gasteiger partial charge in [-0.15, -0.1) is 0 Å². The summed E-state index contributed by atoms with van der Waals surface area (Å²) >= 11 is 3.21. The van der Waals surface area contributed by atoms with Crippen LogP contribution in [0.2, 0.25) is 0 Å². The van der Waals surface area contributed by atoms with Gasteiger partial charge in [0.15, 0.2) is 0 Å². The molecule has 0 amide bonds. The third-order valence-electron chi connectivity index (χ3n) is 2.68. The van der Waals surface area contributed by atoms with Crippen LogP contribution in [0, 0.1) is 11.3 Å². The van der Waals surface area contributed by atoms with E-state index in [0.29, 0.717) is 4.47 Å². The highest BCUT2D eigenvalue weighted by atomic mass is 79.9. The summed E-state index contributed by atoms with van der Waals surface area (Å²) in [6.45, 7) is 0.246. The third kappa shape index (κ3) is 2.88. The molecule has 0 saturated heterocycles. The highest BCUT2D eigenvalue weighted by Gasteiger charge is 2.37. The zero-order chi connectivity index (χ0) is 13.2. The van der Waals surface area contributed by atoms with Crippen LogP contribution in [0.3, 0.4) is 0 Å². The molecule has 0 N–H and O–H groups in total. The average Bonchev–Trinajstić information content (AvgIpc) is 3.14. The summed E-state index contributed by atoms with van der Waals surface area (Å²) in [6.07, 6.45) is 4.81. The fraction of sp³-hybridized carbons (Fsp3) is 0.455. The highest BCUT2D eigenvalue weighted by Crippen LogP contribution is 2.32. The van der Waals surface area contributed by atoms with Crippen molar-refractivity contribution in [3.8, 4) is 6.07 Å². The van der Waals surface area contributed by atoms with Gasteiger partial charge in [0.25, 0.3) is 0 Å². The summed E-state index contributed by atoms with van der Waals surface area (Å²) in [7, 11) is -3.54. The largest absolute Gasteiger partial charge is 0.262 e. The molecule has 0 radical (unpaired) electrons. The van der Waals surface area contributed by atoms with Gasteiger partial charge in [-0.3, -0.25) is 4.98 Å². The van der Waals surface area contributed by atoms with Crippen molar-refractivity contribution < 1.29 is 8.42 Å². The topological polar surface area (TPSA) is 74.1 Å². The molecular formula is C11H12BrN3O2S. The number of sulfonamides is 1. The van der Waals surface area contributed by atoms with Crippen LogP contribution in [0.1, 0.15) is 19.3 Å². The Morgan fingerprint density at radius 2 is 2.22 bits per heavy atom. The van der Waals surface area contributed by atoms with Crippen LogP contribution in [-0.4, -0.2) is 30.3 Å². The van der Waals surface area contributed by atoms with Gasteiger partial charge in [0.2, 0.25) is 10.0 Å². The number of hydrogen-bond acceptors (Lipinski definition) is 4. The SMILES string of the molecule is N#CCCN(C1CC1)S(=O)(=O)c1cncc(Br)c1. The number of nitriles is 1. The van der Waals surface area contributed by atoms with Gasteiger partial charge in [-0.25, -0.2) is 8.42 Å². The van der Waals surface area contributed by atoms with E-state index in [0.717, 1.165) is 12.8 Å². The van der Waals surface area contributed by atoms with Gasteiger partial charge < -0.3 is 0 Å². The molecule has 0 spiro atoms. The molecule has 1 aliphatic rings. The Hall–Kier alpha value is -0.970. The van der Waals surface area contributed by atoms with Crippen LogP contribution in [0.25, 0.3) is 0 Å². The smallest absolute Gasteiger partial charge is 0.244 e. The Bertz CT molecular complexity index is 578. The lowest BCUT2D eigenvalue weighted by Gasteiger charge is -2.20. The first-order valence-electron chi connectivity index (χ1n) is 5.55. The molecule has 1 fully saturated rings. The predicted octanol–water partition coefficient (Wildman–Crippen LogP) is 1.91. The molecule has 1 aliphatic carbocycles. The second kappa shape index (κ2) is 5.34. The van der Waals surface area contributed by atoms with E-state index in [1.165, 1.54) is 22.8 Å². The van der Waals surface area contributed by atoms with Gasteiger partial charge in [-0.1, -0.05) is 0 Å². The van der Waals surface area contributed by atoms with Gasteiger partial charge >= 0.3 is 0 Å². The molecule has 1 aromatic heterocycles. The summed E-state index contributed by atoms with van der Waals surface area (Å²) in [5.41, 5.74) is 0. The number of nitrogens with zero attached hydrogens (tertiary/aromatic N) is 3. The normalized spacial score (nSPS) is 15.6.